The summed E-state index contributed by atoms with van der Waals surface area (Å²) < 4.78 is 13.4. The van der Waals surface area contributed by atoms with E-state index >= 15 is 0 Å². The van der Waals surface area contributed by atoms with Gasteiger partial charge >= 0.3 is 0 Å². The standard InChI is InChI=1S/C10H7ClFN3S/c11-8-9(13)14-5-15-10(8)16-7-4-2-1-3-6(7)12/h1-5H,(H2,13,14,15). The Labute approximate surface area is 101 Å². The SMILES string of the molecule is Nc1ncnc(Sc2ccccc2F)c1Cl. The molecule has 1 aromatic heterocycles. The Morgan fingerprint density at radius 2 is 2.00 bits per heavy atom. The molecular weight excluding hydrogens is 249 g/mol. The first-order chi connectivity index (χ1) is 7.68. The summed E-state index contributed by atoms with van der Waals surface area (Å²) in [5.41, 5.74) is 5.52. The van der Waals surface area contributed by atoms with Crippen LogP contribution in [0, 0.1) is 5.82 Å². The highest BCUT2D eigenvalue weighted by molar-refractivity contribution is 7.99. The zero-order valence-corrected chi connectivity index (χ0v) is 9.60. The van der Waals surface area contributed by atoms with E-state index in [-0.39, 0.29) is 16.7 Å². The Hall–Kier alpha value is -1.33. The first kappa shape index (κ1) is 11.2. The monoisotopic (exact) mass is 255 g/mol. The molecular formula is C10H7ClFN3S. The van der Waals surface area contributed by atoms with Gasteiger partial charge in [0.05, 0.1) is 0 Å². The Kier molecular flexibility index (Phi) is 3.26. The maximum absolute atomic E-state index is 13.4. The Morgan fingerprint density at radius 1 is 1.25 bits per heavy atom. The van der Waals surface area contributed by atoms with Crippen LogP contribution in [-0.2, 0) is 0 Å². The molecule has 3 nitrogen and oxygen atoms in total. The topological polar surface area (TPSA) is 51.8 Å². The van der Waals surface area contributed by atoms with Gasteiger partial charge in [0, 0.05) is 4.90 Å². The number of benzene rings is 1. The third-order valence-electron chi connectivity index (χ3n) is 1.83. The molecule has 0 unspecified atom stereocenters. The fraction of sp³-hybridized carbons (Fsp3) is 0. The highest BCUT2D eigenvalue weighted by Crippen LogP contribution is 2.34. The van der Waals surface area contributed by atoms with Crippen LogP contribution in [0.3, 0.4) is 0 Å². The van der Waals surface area contributed by atoms with Crippen LogP contribution in [0.5, 0.6) is 0 Å². The van der Waals surface area contributed by atoms with Gasteiger partial charge in [0.1, 0.15) is 28.0 Å². The summed E-state index contributed by atoms with van der Waals surface area (Å²) >= 11 is 7.02. The number of hydrogen-bond donors (Lipinski definition) is 1. The summed E-state index contributed by atoms with van der Waals surface area (Å²) in [5, 5.41) is 0.690. The van der Waals surface area contributed by atoms with Crippen LogP contribution in [0.2, 0.25) is 5.02 Å². The maximum atomic E-state index is 13.4. The van der Waals surface area contributed by atoms with Crippen LogP contribution in [0.4, 0.5) is 10.2 Å². The number of anilines is 1. The number of nitrogens with two attached hydrogens (primary N) is 1. The van der Waals surface area contributed by atoms with E-state index in [0.29, 0.717) is 9.92 Å². The molecule has 0 radical (unpaired) electrons. The molecule has 2 rings (SSSR count). The predicted molar refractivity (Wildman–Crippen MR) is 62.0 cm³/mol. The van der Waals surface area contributed by atoms with Crippen LogP contribution in [0.25, 0.3) is 0 Å². The zero-order chi connectivity index (χ0) is 11.5. The summed E-state index contributed by atoms with van der Waals surface area (Å²) in [7, 11) is 0. The van der Waals surface area contributed by atoms with Gasteiger partial charge in [-0.05, 0) is 12.1 Å². The van der Waals surface area contributed by atoms with E-state index in [0.717, 1.165) is 11.8 Å². The fourth-order valence-electron chi connectivity index (χ4n) is 1.07. The lowest BCUT2D eigenvalue weighted by Crippen LogP contribution is -1.94. The number of hydrogen-bond acceptors (Lipinski definition) is 4. The summed E-state index contributed by atoms with van der Waals surface area (Å²) in [5.74, 6) is -0.128. The molecule has 16 heavy (non-hydrogen) atoms. The Morgan fingerprint density at radius 3 is 2.75 bits per heavy atom. The average Bonchev–Trinajstić information content (AvgIpc) is 2.28. The fourth-order valence-corrected chi connectivity index (χ4v) is 2.10. The second kappa shape index (κ2) is 4.67. The number of rotatable bonds is 2. The molecule has 0 saturated carbocycles. The lowest BCUT2D eigenvalue weighted by molar-refractivity contribution is 0.602. The average molecular weight is 256 g/mol. The van der Waals surface area contributed by atoms with E-state index in [9.17, 15) is 4.39 Å². The van der Waals surface area contributed by atoms with Crippen LogP contribution in [0.15, 0.2) is 40.5 Å². The minimum Gasteiger partial charge on any atom is -0.382 e. The first-order valence-electron chi connectivity index (χ1n) is 4.37. The van der Waals surface area contributed by atoms with Crippen molar-refractivity contribution in [3.05, 3.63) is 41.4 Å². The highest BCUT2D eigenvalue weighted by atomic mass is 35.5. The molecule has 0 aliphatic carbocycles. The molecule has 0 aliphatic rings. The summed E-state index contributed by atoms with van der Waals surface area (Å²) in [4.78, 5) is 8.13. The molecule has 82 valence electrons. The lowest BCUT2D eigenvalue weighted by Gasteiger charge is -2.04. The summed E-state index contributed by atoms with van der Waals surface area (Å²) in [6.45, 7) is 0. The molecule has 0 saturated heterocycles. The number of aromatic nitrogens is 2. The second-order valence-electron chi connectivity index (χ2n) is 2.91. The molecule has 2 N–H and O–H groups in total. The molecule has 0 atom stereocenters. The van der Waals surface area contributed by atoms with E-state index in [1.165, 1.54) is 12.4 Å². The second-order valence-corrected chi connectivity index (χ2v) is 4.32. The largest absolute Gasteiger partial charge is 0.382 e. The smallest absolute Gasteiger partial charge is 0.146 e. The van der Waals surface area contributed by atoms with E-state index < -0.39 is 0 Å². The van der Waals surface area contributed by atoms with Gasteiger partial charge in [-0.1, -0.05) is 35.5 Å². The van der Waals surface area contributed by atoms with Crippen LogP contribution < -0.4 is 5.73 Å². The third kappa shape index (κ3) is 2.25. The van der Waals surface area contributed by atoms with E-state index in [1.807, 2.05) is 0 Å². The molecule has 0 fully saturated rings. The maximum Gasteiger partial charge on any atom is 0.146 e. The van der Waals surface area contributed by atoms with Gasteiger partial charge in [0.2, 0.25) is 0 Å². The molecule has 6 heteroatoms. The number of nitrogen functional groups attached to an aromatic ring is 1. The quantitative estimate of drug-likeness (QED) is 0.838. The van der Waals surface area contributed by atoms with Crippen molar-refractivity contribution in [3.63, 3.8) is 0 Å². The van der Waals surface area contributed by atoms with Crippen molar-refractivity contribution in [1.82, 2.24) is 9.97 Å². The minimum absolute atomic E-state index is 0.190. The van der Waals surface area contributed by atoms with Crippen molar-refractivity contribution in [2.24, 2.45) is 0 Å². The predicted octanol–water partition coefficient (Wildman–Crippen LogP) is 3.00. The molecule has 1 aromatic carbocycles. The number of nitrogens with zero attached hydrogens (tertiary/aromatic N) is 2. The molecule has 2 aromatic rings. The Balaban J connectivity index is 2.35. The minimum atomic E-state index is -0.319. The van der Waals surface area contributed by atoms with E-state index in [4.69, 9.17) is 17.3 Å². The number of halogens is 2. The highest BCUT2D eigenvalue weighted by Gasteiger charge is 2.10. The van der Waals surface area contributed by atoms with Gasteiger partial charge in [0.15, 0.2) is 0 Å². The molecule has 0 amide bonds. The van der Waals surface area contributed by atoms with Crippen molar-refractivity contribution < 1.29 is 4.39 Å². The van der Waals surface area contributed by atoms with Crippen LogP contribution in [-0.4, -0.2) is 9.97 Å². The van der Waals surface area contributed by atoms with Gasteiger partial charge in [-0.25, -0.2) is 14.4 Å². The summed E-state index contributed by atoms with van der Waals surface area (Å²) in [6, 6.07) is 6.38. The van der Waals surface area contributed by atoms with E-state index in [1.54, 1.807) is 18.2 Å². The van der Waals surface area contributed by atoms with Gasteiger partial charge in [0.25, 0.3) is 0 Å². The van der Waals surface area contributed by atoms with Gasteiger partial charge in [-0.3, -0.25) is 0 Å². The first-order valence-corrected chi connectivity index (χ1v) is 5.56. The third-order valence-corrected chi connectivity index (χ3v) is 3.37. The van der Waals surface area contributed by atoms with Crippen molar-refractivity contribution in [2.45, 2.75) is 9.92 Å². The summed E-state index contributed by atoms with van der Waals surface area (Å²) in [6.07, 6.45) is 1.30. The molecule has 1 heterocycles. The normalized spacial score (nSPS) is 10.4. The van der Waals surface area contributed by atoms with Gasteiger partial charge in [-0.15, -0.1) is 0 Å². The molecule has 0 bridgehead atoms. The van der Waals surface area contributed by atoms with Crippen LogP contribution in [0.1, 0.15) is 0 Å². The lowest BCUT2D eigenvalue weighted by atomic mass is 10.3. The van der Waals surface area contributed by atoms with Gasteiger partial charge < -0.3 is 5.73 Å². The Bertz CT molecular complexity index is 521. The van der Waals surface area contributed by atoms with Gasteiger partial charge in [-0.2, -0.15) is 0 Å². The molecule has 0 aliphatic heterocycles. The van der Waals surface area contributed by atoms with Crippen molar-refractivity contribution in [1.29, 1.82) is 0 Å². The van der Waals surface area contributed by atoms with E-state index in [2.05, 4.69) is 9.97 Å². The van der Waals surface area contributed by atoms with Crippen molar-refractivity contribution >= 4 is 29.2 Å². The van der Waals surface area contributed by atoms with Crippen molar-refractivity contribution in [3.8, 4) is 0 Å². The zero-order valence-electron chi connectivity index (χ0n) is 8.02. The molecule has 0 spiro atoms. The van der Waals surface area contributed by atoms with Crippen LogP contribution >= 0.6 is 23.4 Å². The van der Waals surface area contributed by atoms with Crippen molar-refractivity contribution in [2.75, 3.05) is 5.73 Å².